The molecule has 1 aliphatic rings. The first-order valence-electron chi connectivity index (χ1n) is 6.28. The molecule has 0 radical (unpaired) electrons. The van der Waals surface area contributed by atoms with Gasteiger partial charge in [-0.1, -0.05) is 0 Å². The number of sulfone groups is 1. The summed E-state index contributed by atoms with van der Waals surface area (Å²) in [5, 5.41) is 0. The maximum Gasteiger partial charge on any atom is 0.241 e. The number of hydrogen-bond donors (Lipinski definition) is 2. The highest BCUT2D eigenvalue weighted by Gasteiger charge is 2.29. The predicted molar refractivity (Wildman–Crippen MR) is 77.6 cm³/mol. The third-order valence-corrected chi connectivity index (χ3v) is 6.78. The Kier molecular flexibility index (Phi) is 4.08. The van der Waals surface area contributed by atoms with Gasteiger partial charge >= 0.3 is 0 Å². The Morgan fingerprint density at radius 3 is 2.65 bits per heavy atom. The molecule has 6 nitrogen and oxygen atoms in total. The van der Waals surface area contributed by atoms with Crippen LogP contribution in [0.25, 0.3) is 0 Å². The zero-order chi connectivity index (χ0) is 15.0. The summed E-state index contributed by atoms with van der Waals surface area (Å²) in [4.78, 5) is 0.134. The van der Waals surface area contributed by atoms with Crippen LogP contribution in [0.1, 0.15) is 18.4 Å². The molecular formula is C12H18N2O4S2. The lowest BCUT2D eigenvalue weighted by atomic mass is 10.2. The van der Waals surface area contributed by atoms with Gasteiger partial charge in [0.2, 0.25) is 10.0 Å². The van der Waals surface area contributed by atoms with Crippen molar-refractivity contribution in [3.05, 3.63) is 23.8 Å². The third-order valence-electron chi connectivity index (χ3n) is 3.27. The zero-order valence-corrected chi connectivity index (χ0v) is 12.8. The number of aryl methyl sites for hydroxylation is 1. The summed E-state index contributed by atoms with van der Waals surface area (Å²) in [6.45, 7) is 1.66. The minimum atomic E-state index is -3.73. The Balaban J connectivity index is 2.23. The number of benzene rings is 1. The van der Waals surface area contributed by atoms with Crippen LogP contribution >= 0.6 is 0 Å². The summed E-state index contributed by atoms with van der Waals surface area (Å²) >= 11 is 0. The summed E-state index contributed by atoms with van der Waals surface area (Å²) in [7, 11) is -6.88. The number of anilines is 1. The van der Waals surface area contributed by atoms with Crippen LogP contribution in [0.2, 0.25) is 0 Å². The topological polar surface area (TPSA) is 106 Å². The molecule has 112 valence electrons. The van der Waals surface area contributed by atoms with E-state index in [4.69, 9.17) is 5.73 Å². The fourth-order valence-corrected chi connectivity index (χ4v) is 5.61. The van der Waals surface area contributed by atoms with Gasteiger partial charge in [-0.3, -0.25) is 0 Å². The van der Waals surface area contributed by atoms with Crippen molar-refractivity contribution in [1.29, 1.82) is 0 Å². The normalized spacial score (nSPS) is 22.6. The summed E-state index contributed by atoms with van der Waals surface area (Å²) in [5.74, 6) is -0.00756. The van der Waals surface area contributed by atoms with Crippen LogP contribution in [-0.4, -0.2) is 34.4 Å². The van der Waals surface area contributed by atoms with E-state index in [9.17, 15) is 16.8 Å². The van der Waals surface area contributed by atoms with Gasteiger partial charge in [0, 0.05) is 11.7 Å². The monoisotopic (exact) mass is 318 g/mol. The Hall–Kier alpha value is -1.12. The molecule has 1 aliphatic heterocycles. The largest absolute Gasteiger partial charge is 0.399 e. The summed E-state index contributed by atoms with van der Waals surface area (Å²) in [6.07, 6.45) is 1.02. The fraction of sp³-hybridized carbons (Fsp3) is 0.500. The van der Waals surface area contributed by atoms with E-state index < -0.39 is 25.9 Å². The Bertz CT molecular complexity index is 711. The van der Waals surface area contributed by atoms with Crippen LogP contribution in [0.4, 0.5) is 5.69 Å². The van der Waals surface area contributed by atoms with Crippen LogP contribution in [0.3, 0.4) is 0 Å². The van der Waals surface area contributed by atoms with Crippen LogP contribution in [-0.2, 0) is 19.9 Å². The highest BCUT2D eigenvalue weighted by molar-refractivity contribution is 7.91. The maximum atomic E-state index is 12.3. The fourth-order valence-electron chi connectivity index (χ4n) is 2.37. The standard InChI is InChI=1S/C12H18N2O4S2/c1-9-7-10(13)4-5-12(9)20(17,18)14-11-3-2-6-19(15,16)8-11/h4-5,7,11,14H,2-3,6,8,13H2,1H3. The number of nitrogens with two attached hydrogens (primary N) is 1. The first-order valence-corrected chi connectivity index (χ1v) is 9.59. The predicted octanol–water partition coefficient (Wildman–Crippen LogP) is 0.433. The van der Waals surface area contributed by atoms with Gasteiger partial charge in [-0.25, -0.2) is 21.6 Å². The zero-order valence-electron chi connectivity index (χ0n) is 11.2. The molecule has 0 amide bonds. The Morgan fingerprint density at radius 2 is 2.05 bits per heavy atom. The van der Waals surface area contributed by atoms with Gasteiger partial charge in [-0.05, 0) is 43.5 Å². The molecule has 0 aliphatic carbocycles. The molecule has 2 rings (SSSR count). The van der Waals surface area contributed by atoms with Crippen molar-refractivity contribution in [3.63, 3.8) is 0 Å². The minimum Gasteiger partial charge on any atom is -0.399 e. The van der Waals surface area contributed by atoms with E-state index in [0.717, 1.165) is 0 Å². The van der Waals surface area contributed by atoms with Gasteiger partial charge in [-0.15, -0.1) is 0 Å². The molecule has 1 aromatic rings. The van der Waals surface area contributed by atoms with Gasteiger partial charge in [-0.2, -0.15) is 0 Å². The molecule has 0 saturated carbocycles. The second kappa shape index (κ2) is 5.34. The van der Waals surface area contributed by atoms with E-state index in [2.05, 4.69) is 4.72 Å². The summed E-state index contributed by atoms with van der Waals surface area (Å²) < 4.78 is 50.2. The summed E-state index contributed by atoms with van der Waals surface area (Å²) in [5.41, 5.74) is 6.62. The van der Waals surface area contributed by atoms with Crippen LogP contribution < -0.4 is 10.5 Å². The van der Waals surface area contributed by atoms with Gasteiger partial charge in [0.15, 0.2) is 9.84 Å². The van der Waals surface area contributed by atoms with Crippen molar-refractivity contribution in [2.75, 3.05) is 17.2 Å². The lowest BCUT2D eigenvalue weighted by molar-refractivity contribution is 0.517. The Morgan fingerprint density at radius 1 is 1.35 bits per heavy atom. The average Bonchev–Trinajstić information content (AvgIpc) is 2.25. The molecule has 3 N–H and O–H groups in total. The number of sulfonamides is 1. The molecule has 1 saturated heterocycles. The molecule has 1 unspecified atom stereocenters. The van der Waals surface area contributed by atoms with E-state index in [1.165, 1.54) is 12.1 Å². The molecule has 20 heavy (non-hydrogen) atoms. The van der Waals surface area contributed by atoms with Crippen molar-refractivity contribution in [2.24, 2.45) is 0 Å². The molecule has 1 fully saturated rings. The average molecular weight is 318 g/mol. The van der Waals surface area contributed by atoms with Crippen molar-refractivity contribution < 1.29 is 16.8 Å². The molecular weight excluding hydrogens is 300 g/mol. The molecule has 1 heterocycles. The van der Waals surface area contributed by atoms with E-state index >= 15 is 0 Å². The maximum absolute atomic E-state index is 12.3. The Labute approximate surface area is 119 Å². The van der Waals surface area contributed by atoms with Gasteiger partial charge in [0.25, 0.3) is 0 Å². The number of hydrogen-bond acceptors (Lipinski definition) is 5. The highest BCUT2D eigenvalue weighted by atomic mass is 32.2. The number of rotatable bonds is 3. The van der Waals surface area contributed by atoms with Gasteiger partial charge < -0.3 is 5.73 Å². The van der Waals surface area contributed by atoms with Crippen molar-refractivity contribution in [1.82, 2.24) is 4.72 Å². The highest BCUT2D eigenvalue weighted by Crippen LogP contribution is 2.20. The summed E-state index contributed by atoms with van der Waals surface area (Å²) in [6, 6.07) is 3.96. The van der Waals surface area contributed by atoms with E-state index in [0.29, 0.717) is 24.1 Å². The first-order chi connectivity index (χ1) is 9.20. The van der Waals surface area contributed by atoms with E-state index in [-0.39, 0.29) is 16.4 Å². The van der Waals surface area contributed by atoms with Gasteiger partial charge in [0.05, 0.1) is 16.4 Å². The lowest BCUT2D eigenvalue weighted by Gasteiger charge is -2.23. The van der Waals surface area contributed by atoms with E-state index in [1.807, 2.05) is 0 Å². The molecule has 8 heteroatoms. The van der Waals surface area contributed by atoms with Gasteiger partial charge in [0.1, 0.15) is 0 Å². The number of nitrogen functional groups attached to an aromatic ring is 1. The smallest absolute Gasteiger partial charge is 0.241 e. The van der Waals surface area contributed by atoms with E-state index in [1.54, 1.807) is 13.0 Å². The second-order valence-corrected chi connectivity index (χ2v) is 9.01. The van der Waals surface area contributed by atoms with Crippen LogP contribution in [0, 0.1) is 6.92 Å². The second-order valence-electron chi connectivity index (χ2n) is 5.10. The molecule has 0 aromatic heterocycles. The SMILES string of the molecule is Cc1cc(N)ccc1S(=O)(=O)NC1CCCS(=O)(=O)C1. The quantitative estimate of drug-likeness (QED) is 0.786. The van der Waals surface area contributed by atoms with Crippen molar-refractivity contribution in [2.45, 2.75) is 30.7 Å². The molecule has 1 atom stereocenters. The molecule has 1 aromatic carbocycles. The van der Waals surface area contributed by atoms with Crippen molar-refractivity contribution in [3.8, 4) is 0 Å². The first kappa shape index (κ1) is 15.3. The van der Waals surface area contributed by atoms with Crippen molar-refractivity contribution >= 4 is 25.5 Å². The molecule has 0 bridgehead atoms. The van der Waals surface area contributed by atoms with Crippen LogP contribution in [0.5, 0.6) is 0 Å². The van der Waals surface area contributed by atoms with Crippen LogP contribution in [0.15, 0.2) is 23.1 Å². The minimum absolute atomic E-state index is 0.131. The third kappa shape index (κ3) is 3.50. The number of nitrogens with one attached hydrogen (secondary N) is 1. The molecule has 0 spiro atoms. The lowest BCUT2D eigenvalue weighted by Crippen LogP contribution is -2.43.